The van der Waals surface area contributed by atoms with E-state index < -0.39 is 22.0 Å². The van der Waals surface area contributed by atoms with Crippen molar-refractivity contribution in [2.75, 3.05) is 32.4 Å². The lowest BCUT2D eigenvalue weighted by Gasteiger charge is -2.28. The molecule has 0 unspecified atom stereocenters. The molecule has 0 N–H and O–H groups in total. The first-order chi connectivity index (χ1) is 12.2. The van der Waals surface area contributed by atoms with Crippen LogP contribution in [0.25, 0.3) is 0 Å². The number of hydrogen-bond donors (Lipinski definition) is 0. The van der Waals surface area contributed by atoms with Crippen LogP contribution in [0.4, 0.5) is 0 Å². The molecule has 3 rings (SSSR count). The van der Waals surface area contributed by atoms with E-state index in [1.54, 1.807) is 11.0 Å². The highest BCUT2D eigenvalue weighted by atomic mass is 32.2. The van der Waals surface area contributed by atoms with Crippen molar-refractivity contribution in [3.63, 3.8) is 0 Å². The van der Waals surface area contributed by atoms with Gasteiger partial charge in [0.05, 0.1) is 24.3 Å². The van der Waals surface area contributed by atoms with Gasteiger partial charge in [0.25, 0.3) is 0 Å². The van der Waals surface area contributed by atoms with Crippen LogP contribution in [0.15, 0.2) is 12.2 Å². The topological polar surface area (TPSA) is 78.0 Å². The number of carbonyl (C=O) groups excluding carboxylic acids is 2. The van der Waals surface area contributed by atoms with E-state index in [0.29, 0.717) is 13.0 Å². The third-order valence-corrected chi connectivity index (χ3v) is 6.94. The van der Waals surface area contributed by atoms with E-state index in [9.17, 15) is 18.0 Å². The Kier molecular flexibility index (Phi) is 5.44. The van der Waals surface area contributed by atoms with Crippen LogP contribution in [-0.2, 0) is 19.6 Å². The quantitative estimate of drug-likeness (QED) is 0.653. The second kappa shape index (κ2) is 7.31. The lowest BCUT2D eigenvalue weighted by Crippen LogP contribution is -2.43. The summed E-state index contributed by atoms with van der Waals surface area (Å²) in [5, 5.41) is 0. The molecule has 0 aromatic carbocycles. The van der Waals surface area contributed by atoms with Crippen LogP contribution in [0.5, 0.6) is 0 Å². The molecule has 26 heavy (non-hydrogen) atoms. The summed E-state index contributed by atoms with van der Waals surface area (Å²) in [4.78, 5) is 29.5. The number of rotatable bonds is 5. The highest BCUT2D eigenvalue weighted by molar-refractivity contribution is 7.88. The number of fused-ring (bicyclic) bond motifs is 1. The minimum atomic E-state index is -3.63. The SMILES string of the molecule is CC(C)[C@H]1C(=O)N(S(C)(=O)=O)[C@H]2CCN(C(=O)/C=C/CN3CCCC3)[C@H]12. The second-order valence-electron chi connectivity index (χ2n) is 7.96. The third-order valence-electron chi connectivity index (χ3n) is 5.77. The van der Waals surface area contributed by atoms with E-state index in [-0.39, 0.29) is 23.8 Å². The lowest BCUT2D eigenvalue weighted by atomic mass is 9.88. The van der Waals surface area contributed by atoms with Gasteiger partial charge in [0.15, 0.2) is 0 Å². The zero-order chi connectivity index (χ0) is 19.1. The Morgan fingerprint density at radius 2 is 1.88 bits per heavy atom. The number of likely N-dealkylation sites (tertiary alicyclic amines) is 2. The average molecular weight is 384 g/mol. The molecule has 2 amide bonds. The zero-order valence-corrected chi connectivity index (χ0v) is 16.6. The summed E-state index contributed by atoms with van der Waals surface area (Å²) in [6, 6.07) is -0.790. The fourth-order valence-electron chi connectivity index (χ4n) is 4.65. The Morgan fingerprint density at radius 1 is 1.23 bits per heavy atom. The molecule has 3 aliphatic heterocycles. The van der Waals surface area contributed by atoms with Gasteiger partial charge < -0.3 is 4.90 Å². The van der Waals surface area contributed by atoms with Crippen LogP contribution in [0.2, 0.25) is 0 Å². The molecular weight excluding hydrogens is 354 g/mol. The molecule has 0 bridgehead atoms. The Balaban J connectivity index is 1.76. The molecular formula is C18H29N3O4S. The Hall–Kier alpha value is -1.41. The summed E-state index contributed by atoms with van der Waals surface area (Å²) < 4.78 is 25.3. The molecule has 8 heteroatoms. The van der Waals surface area contributed by atoms with E-state index in [2.05, 4.69) is 4.90 Å². The van der Waals surface area contributed by atoms with Crippen molar-refractivity contribution in [2.24, 2.45) is 11.8 Å². The van der Waals surface area contributed by atoms with Gasteiger partial charge in [-0.1, -0.05) is 19.9 Å². The highest BCUT2D eigenvalue weighted by Gasteiger charge is 2.58. The summed E-state index contributed by atoms with van der Waals surface area (Å²) >= 11 is 0. The minimum absolute atomic E-state index is 0.0243. The van der Waals surface area contributed by atoms with Crippen molar-refractivity contribution in [2.45, 2.75) is 45.2 Å². The third kappa shape index (κ3) is 3.53. The molecule has 0 spiro atoms. The van der Waals surface area contributed by atoms with Crippen LogP contribution >= 0.6 is 0 Å². The van der Waals surface area contributed by atoms with E-state index in [1.807, 2.05) is 19.9 Å². The van der Waals surface area contributed by atoms with Gasteiger partial charge in [-0.3, -0.25) is 14.5 Å². The average Bonchev–Trinajstić information content (AvgIpc) is 3.21. The number of carbonyl (C=O) groups is 2. The molecule has 3 aliphatic rings. The van der Waals surface area contributed by atoms with Crippen molar-refractivity contribution in [3.05, 3.63) is 12.2 Å². The van der Waals surface area contributed by atoms with Gasteiger partial charge in [0, 0.05) is 19.2 Å². The van der Waals surface area contributed by atoms with Gasteiger partial charge in [0.1, 0.15) is 0 Å². The maximum atomic E-state index is 12.7. The summed E-state index contributed by atoms with van der Waals surface area (Å²) in [6.07, 6.45) is 7.47. The number of hydrogen-bond acceptors (Lipinski definition) is 5. The van der Waals surface area contributed by atoms with E-state index in [0.717, 1.165) is 30.2 Å². The predicted octanol–water partition coefficient (Wildman–Crippen LogP) is 0.682. The first-order valence-corrected chi connectivity index (χ1v) is 11.3. The predicted molar refractivity (Wildman–Crippen MR) is 98.7 cm³/mol. The normalized spacial score (nSPS) is 30.2. The highest BCUT2D eigenvalue weighted by Crippen LogP contribution is 2.41. The summed E-state index contributed by atoms with van der Waals surface area (Å²) in [5.41, 5.74) is 0. The van der Waals surface area contributed by atoms with Crippen molar-refractivity contribution in [1.82, 2.24) is 14.1 Å². The molecule has 0 saturated carbocycles. The molecule has 3 heterocycles. The largest absolute Gasteiger partial charge is 0.333 e. The molecule has 0 radical (unpaired) electrons. The smallest absolute Gasteiger partial charge is 0.246 e. The molecule has 7 nitrogen and oxygen atoms in total. The van der Waals surface area contributed by atoms with Crippen molar-refractivity contribution >= 4 is 21.8 Å². The van der Waals surface area contributed by atoms with Gasteiger partial charge in [0.2, 0.25) is 21.8 Å². The Morgan fingerprint density at radius 3 is 2.46 bits per heavy atom. The number of nitrogens with zero attached hydrogens (tertiary/aromatic N) is 3. The fourth-order valence-corrected chi connectivity index (χ4v) is 5.82. The van der Waals surface area contributed by atoms with Crippen LogP contribution in [0.3, 0.4) is 0 Å². The van der Waals surface area contributed by atoms with Gasteiger partial charge in [-0.05, 0) is 38.3 Å². The maximum Gasteiger partial charge on any atom is 0.246 e. The molecule has 3 atom stereocenters. The summed E-state index contributed by atoms with van der Waals surface area (Å²) in [5.74, 6) is -0.974. The van der Waals surface area contributed by atoms with E-state index in [4.69, 9.17) is 0 Å². The van der Waals surface area contributed by atoms with Crippen molar-refractivity contribution < 1.29 is 18.0 Å². The molecule has 146 valence electrons. The molecule has 3 saturated heterocycles. The minimum Gasteiger partial charge on any atom is -0.333 e. The first kappa shape index (κ1) is 19.4. The van der Waals surface area contributed by atoms with Crippen molar-refractivity contribution in [1.29, 1.82) is 0 Å². The molecule has 0 aromatic rings. The van der Waals surface area contributed by atoms with Crippen LogP contribution in [-0.4, -0.2) is 78.9 Å². The standard InChI is InChI=1S/C18H29N3O4S/c1-13(2)16-17-14(21(18(16)23)26(3,24)25)8-12-20(17)15(22)7-6-11-19-9-4-5-10-19/h6-7,13-14,16-17H,4-5,8-12H2,1-3H3/b7-6+/t14-,16+,17-/m0/s1. The first-order valence-electron chi connectivity index (χ1n) is 9.44. The Labute approximate surface area is 156 Å². The second-order valence-corrected chi connectivity index (χ2v) is 9.81. The van der Waals surface area contributed by atoms with Gasteiger partial charge in [-0.15, -0.1) is 0 Å². The van der Waals surface area contributed by atoms with Crippen LogP contribution in [0, 0.1) is 11.8 Å². The molecule has 0 aliphatic carbocycles. The van der Waals surface area contributed by atoms with Crippen molar-refractivity contribution in [3.8, 4) is 0 Å². The van der Waals surface area contributed by atoms with Crippen LogP contribution in [0.1, 0.15) is 33.1 Å². The molecule has 3 fully saturated rings. The van der Waals surface area contributed by atoms with E-state index >= 15 is 0 Å². The maximum absolute atomic E-state index is 12.7. The van der Waals surface area contributed by atoms with Gasteiger partial charge >= 0.3 is 0 Å². The van der Waals surface area contributed by atoms with Gasteiger partial charge in [-0.25, -0.2) is 12.7 Å². The van der Waals surface area contributed by atoms with Crippen LogP contribution < -0.4 is 0 Å². The van der Waals surface area contributed by atoms with Gasteiger partial charge in [-0.2, -0.15) is 0 Å². The molecule has 0 aromatic heterocycles. The monoisotopic (exact) mass is 383 g/mol. The van der Waals surface area contributed by atoms with E-state index in [1.165, 1.54) is 12.8 Å². The number of sulfonamides is 1. The summed E-state index contributed by atoms with van der Waals surface area (Å²) in [7, 11) is -3.63. The number of amides is 2. The summed E-state index contributed by atoms with van der Waals surface area (Å²) in [6.45, 7) is 7.21. The fraction of sp³-hybridized carbons (Fsp3) is 0.778. The Bertz CT molecular complexity index is 697. The zero-order valence-electron chi connectivity index (χ0n) is 15.8. The lowest BCUT2D eigenvalue weighted by molar-refractivity contribution is -0.131.